The molecule has 0 amide bonds. The number of hydrogen-bond acceptors (Lipinski definition) is 3. The Kier molecular flexibility index (Phi) is 7.11. The maximum atomic E-state index is 2.54. The molecule has 1 atom stereocenters. The van der Waals surface area contributed by atoms with Gasteiger partial charge in [-0.3, -0.25) is 0 Å². The number of benzene rings is 7. The van der Waals surface area contributed by atoms with Gasteiger partial charge >= 0.3 is 0 Å². The van der Waals surface area contributed by atoms with Crippen LogP contribution in [0.15, 0.2) is 164 Å². The minimum Gasteiger partial charge on any atom is -0.310 e. The van der Waals surface area contributed by atoms with Crippen LogP contribution in [0.1, 0.15) is 40.7 Å². The Morgan fingerprint density at radius 3 is 1.53 bits per heavy atom. The quantitative estimate of drug-likeness (QED) is 0.173. The molecule has 0 fully saturated rings. The Bertz CT molecular complexity index is 2510. The van der Waals surface area contributed by atoms with Gasteiger partial charge in [-0.25, -0.2) is 0 Å². The maximum Gasteiger partial charge on any atom is 0.0505 e. The molecular formula is C48H38N2S. The highest BCUT2D eigenvalue weighted by atomic mass is 32.1. The highest BCUT2D eigenvalue weighted by Gasteiger charge is 2.49. The molecule has 0 radical (unpaired) electrons. The standard InChI is InChI=1S/C48H38N2S/c1-33-14-11-25-44-45(33)40-32-39(26-27-43(40)51-44)50(38-21-9-4-10-22-38)42-24-13-16-35-29-31-48(47(35)42)30-28-34-15-12-23-41(46(34)48)49(36-17-5-2-6-18-36)37-19-7-3-8-20-37/h2-27,32H,28-31H2,1H3/t48-/m1/s1. The average Bonchev–Trinajstić information content (AvgIpc) is 3.88. The second-order valence-electron chi connectivity index (χ2n) is 14.1. The van der Waals surface area contributed by atoms with Crippen LogP contribution in [-0.2, 0) is 18.3 Å². The lowest BCUT2D eigenvalue weighted by Gasteiger charge is -2.37. The fourth-order valence-electron chi connectivity index (χ4n) is 9.23. The Morgan fingerprint density at radius 1 is 0.471 bits per heavy atom. The van der Waals surface area contributed by atoms with E-state index in [1.54, 1.807) is 0 Å². The summed E-state index contributed by atoms with van der Waals surface area (Å²) in [5, 5.41) is 2.71. The summed E-state index contributed by atoms with van der Waals surface area (Å²) in [5.74, 6) is 0. The van der Waals surface area contributed by atoms with E-state index < -0.39 is 0 Å². The molecule has 2 nitrogen and oxygen atoms in total. The molecule has 1 aromatic heterocycles. The highest BCUT2D eigenvalue weighted by molar-refractivity contribution is 7.25. The van der Waals surface area contributed by atoms with Crippen LogP contribution < -0.4 is 9.80 Å². The fraction of sp³-hybridized carbons (Fsp3) is 0.125. The summed E-state index contributed by atoms with van der Waals surface area (Å²) >= 11 is 1.89. The zero-order chi connectivity index (χ0) is 33.9. The number of thiophene rings is 1. The van der Waals surface area contributed by atoms with Crippen LogP contribution in [0.3, 0.4) is 0 Å². The first-order valence-electron chi connectivity index (χ1n) is 18.1. The minimum absolute atomic E-state index is 0.109. The summed E-state index contributed by atoms with van der Waals surface area (Å²) in [6.07, 6.45) is 4.36. The molecule has 0 aliphatic heterocycles. The van der Waals surface area contributed by atoms with Gasteiger partial charge in [-0.1, -0.05) is 91.0 Å². The molecule has 0 N–H and O–H groups in total. The molecule has 2 aliphatic rings. The van der Waals surface area contributed by atoms with Crippen LogP contribution in [0.4, 0.5) is 34.1 Å². The number of aryl methyl sites for hydroxylation is 3. The van der Waals surface area contributed by atoms with E-state index in [1.165, 1.54) is 82.1 Å². The molecular weight excluding hydrogens is 637 g/mol. The average molecular weight is 675 g/mol. The summed E-state index contributed by atoms with van der Waals surface area (Å²) in [4.78, 5) is 5.03. The van der Waals surface area contributed by atoms with Crippen molar-refractivity contribution in [1.82, 2.24) is 0 Å². The van der Waals surface area contributed by atoms with Crippen molar-refractivity contribution in [3.05, 3.63) is 192 Å². The zero-order valence-corrected chi connectivity index (χ0v) is 29.5. The summed E-state index contributed by atoms with van der Waals surface area (Å²) < 4.78 is 2.69. The van der Waals surface area contributed by atoms with Gasteiger partial charge in [0, 0.05) is 48.3 Å². The van der Waals surface area contributed by atoms with E-state index in [9.17, 15) is 0 Å². The zero-order valence-electron chi connectivity index (χ0n) is 28.7. The van der Waals surface area contributed by atoms with E-state index in [0.29, 0.717) is 0 Å². The van der Waals surface area contributed by atoms with E-state index in [1.807, 2.05) is 11.3 Å². The van der Waals surface area contributed by atoms with Crippen molar-refractivity contribution in [3.8, 4) is 0 Å². The first-order valence-corrected chi connectivity index (χ1v) is 18.9. The van der Waals surface area contributed by atoms with Crippen LogP contribution in [-0.4, -0.2) is 0 Å². The van der Waals surface area contributed by atoms with E-state index in [-0.39, 0.29) is 5.41 Å². The Balaban J connectivity index is 1.21. The van der Waals surface area contributed by atoms with Gasteiger partial charge in [0.05, 0.1) is 11.4 Å². The molecule has 246 valence electrons. The van der Waals surface area contributed by atoms with Crippen LogP contribution in [0.5, 0.6) is 0 Å². The monoisotopic (exact) mass is 674 g/mol. The van der Waals surface area contributed by atoms with Crippen molar-refractivity contribution >= 4 is 65.6 Å². The Morgan fingerprint density at radius 2 is 0.980 bits per heavy atom. The first kappa shape index (κ1) is 30.2. The van der Waals surface area contributed by atoms with Gasteiger partial charge in [-0.15, -0.1) is 11.3 Å². The topological polar surface area (TPSA) is 6.48 Å². The molecule has 3 heteroatoms. The molecule has 0 saturated heterocycles. The molecule has 7 aromatic carbocycles. The molecule has 2 aliphatic carbocycles. The van der Waals surface area contributed by atoms with Gasteiger partial charge in [-0.05, 0) is 133 Å². The van der Waals surface area contributed by atoms with Crippen molar-refractivity contribution in [1.29, 1.82) is 0 Å². The van der Waals surface area contributed by atoms with E-state index in [0.717, 1.165) is 25.7 Å². The maximum absolute atomic E-state index is 2.54. The number of hydrogen-bond donors (Lipinski definition) is 0. The second kappa shape index (κ2) is 12.0. The molecule has 51 heavy (non-hydrogen) atoms. The predicted molar refractivity (Wildman–Crippen MR) is 217 cm³/mol. The van der Waals surface area contributed by atoms with Crippen molar-refractivity contribution in [3.63, 3.8) is 0 Å². The third-order valence-electron chi connectivity index (χ3n) is 11.3. The SMILES string of the molecule is Cc1cccc2sc3ccc(N(c4ccccc4)c4cccc5c4[C@]4(CCc6cccc(N(c7ccccc7)c7ccccc7)c64)CC5)cc3c12. The molecule has 8 aromatic rings. The fourth-order valence-corrected chi connectivity index (χ4v) is 10.4. The lowest BCUT2D eigenvalue weighted by Crippen LogP contribution is -2.27. The number of fused-ring (bicyclic) bond motifs is 7. The first-order chi connectivity index (χ1) is 25.2. The molecule has 1 spiro atoms. The Labute approximate surface area is 303 Å². The van der Waals surface area contributed by atoms with Gasteiger partial charge in [-0.2, -0.15) is 0 Å². The number of rotatable bonds is 6. The molecule has 0 saturated carbocycles. The van der Waals surface area contributed by atoms with Crippen LogP contribution in [0.25, 0.3) is 20.2 Å². The summed E-state index contributed by atoms with van der Waals surface area (Å²) in [5.41, 5.74) is 14.5. The number of anilines is 6. The van der Waals surface area contributed by atoms with Gasteiger partial charge in [0.25, 0.3) is 0 Å². The lowest BCUT2D eigenvalue weighted by molar-refractivity contribution is 0.508. The normalized spacial score (nSPS) is 16.1. The Hall–Kier alpha value is -5.64. The van der Waals surface area contributed by atoms with Crippen LogP contribution >= 0.6 is 11.3 Å². The van der Waals surface area contributed by atoms with E-state index in [4.69, 9.17) is 0 Å². The molecule has 0 unspecified atom stereocenters. The molecule has 1 heterocycles. The third kappa shape index (κ3) is 4.76. The van der Waals surface area contributed by atoms with Gasteiger partial charge in [0.2, 0.25) is 0 Å². The largest absolute Gasteiger partial charge is 0.310 e. The summed E-state index contributed by atoms with van der Waals surface area (Å²) in [6.45, 7) is 2.24. The predicted octanol–water partition coefficient (Wildman–Crippen LogP) is 13.5. The van der Waals surface area contributed by atoms with Crippen LogP contribution in [0, 0.1) is 6.92 Å². The van der Waals surface area contributed by atoms with Gasteiger partial charge < -0.3 is 9.80 Å². The van der Waals surface area contributed by atoms with Gasteiger partial charge in [0.1, 0.15) is 0 Å². The van der Waals surface area contributed by atoms with E-state index >= 15 is 0 Å². The summed E-state index contributed by atoms with van der Waals surface area (Å²) in [7, 11) is 0. The van der Waals surface area contributed by atoms with Crippen LogP contribution in [0.2, 0.25) is 0 Å². The molecule has 0 bridgehead atoms. The van der Waals surface area contributed by atoms with Gasteiger partial charge in [0.15, 0.2) is 0 Å². The lowest BCUT2D eigenvalue weighted by atomic mass is 9.74. The van der Waals surface area contributed by atoms with Crippen molar-refractivity contribution in [2.24, 2.45) is 0 Å². The summed E-state index contributed by atoms with van der Waals surface area (Å²) in [6, 6.07) is 60.7. The number of para-hydroxylation sites is 3. The minimum atomic E-state index is -0.109. The highest BCUT2D eigenvalue weighted by Crippen LogP contribution is 2.60. The van der Waals surface area contributed by atoms with Crippen molar-refractivity contribution < 1.29 is 0 Å². The second-order valence-corrected chi connectivity index (χ2v) is 15.2. The van der Waals surface area contributed by atoms with Crippen molar-refractivity contribution in [2.75, 3.05) is 9.80 Å². The smallest absolute Gasteiger partial charge is 0.0505 e. The third-order valence-corrected chi connectivity index (χ3v) is 12.5. The molecule has 10 rings (SSSR count). The number of nitrogens with zero attached hydrogens (tertiary/aromatic N) is 2. The van der Waals surface area contributed by atoms with Crippen molar-refractivity contribution in [2.45, 2.75) is 38.0 Å². The van der Waals surface area contributed by atoms with E-state index in [2.05, 4.69) is 181 Å².